The fraction of sp³-hybridized carbons (Fsp3) is 0. The standard InChI is InChI=1S/C13H11ClN2O/c14-9-4-3-5-10(8-9)16-12-7-2-1-6-11(12)13(15)17/h1-8,16H,(H2,15,17). The van der Waals surface area contributed by atoms with Crippen LogP contribution in [-0.4, -0.2) is 5.91 Å². The lowest BCUT2D eigenvalue weighted by Crippen LogP contribution is -2.13. The van der Waals surface area contributed by atoms with E-state index in [1.165, 1.54) is 0 Å². The predicted octanol–water partition coefficient (Wildman–Crippen LogP) is 3.18. The van der Waals surface area contributed by atoms with Gasteiger partial charge >= 0.3 is 0 Å². The third-order valence-corrected chi connectivity index (χ3v) is 2.53. The number of nitrogens with two attached hydrogens (primary N) is 1. The Morgan fingerprint density at radius 2 is 1.88 bits per heavy atom. The first-order valence-electron chi connectivity index (χ1n) is 5.08. The summed E-state index contributed by atoms with van der Waals surface area (Å²) >= 11 is 5.88. The monoisotopic (exact) mass is 246 g/mol. The van der Waals surface area contributed by atoms with Crippen molar-refractivity contribution in [3.8, 4) is 0 Å². The number of rotatable bonds is 3. The Balaban J connectivity index is 2.33. The Labute approximate surface area is 104 Å². The van der Waals surface area contributed by atoms with Crippen LogP contribution in [0.3, 0.4) is 0 Å². The minimum atomic E-state index is -0.463. The van der Waals surface area contributed by atoms with Gasteiger partial charge in [-0.2, -0.15) is 0 Å². The van der Waals surface area contributed by atoms with Crippen LogP contribution in [0, 0.1) is 0 Å². The number of hydrogen-bond donors (Lipinski definition) is 2. The first-order valence-corrected chi connectivity index (χ1v) is 5.46. The summed E-state index contributed by atoms with van der Waals surface area (Å²) in [6.45, 7) is 0. The normalized spacial score (nSPS) is 9.94. The van der Waals surface area contributed by atoms with Gasteiger partial charge in [-0.3, -0.25) is 4.79 Å². The van der Waals surface area contributed by atoms with Crippen molar-refractivity contribution in [1.29, 1.82) is 0 Å². The molecule has 0 spiro atoms. The number of anilines is 2. The van der Waals surface area contributed by atoms with Gasteiger partial charge in [0.1, 0.15) is 0 Å². The molecule has 0 saturated carbocycles. The molecule has 0 aliphatic rings. The third-order valence-electron chi connectivity index (χ3n) is 2.30. The molecule has 2 rings (SSSR count). The zero-order valence-electron chi connectivity index (χ0n) is 8.98. The van der Waals surface area contributed by atoms with Crippen LogP contribution in [-0.2, 0) is 0 Å². The fourth-order valence-corrected chi connectivity index (χ4v) is 1.72. The molecular formula is C13H11ClN2O. The molecule has 1 amide bonds. The minimum Gasteiger partial charge on any atom is -0.366 e. The lowest BCUT2D eigenvalue weighted by molar-refractivity contribution is 0.100. The molecule has 0 radical (unpaired) electrons. The smallest absolute Gasteiger partial charge is 0.250 e. The molecule has 2 aromatic rings. The van der Waals surface area contributed by atoms with Gasteiger partial charge in [0.2, 0.25) is 0 Å². The second-order valence-electron chi connectivity index (χ2n) is 3.55. The maximum Gasteiger partial charge on any atom is 0.250 e. The Morgan fingerprint density at radius 1 is 1.12 bits per heavy atom. The quantitative estimate of drug-likeness (QED) is 0.874. The van der Waals surface area contributed by atoms with Gasteiger partial charge in [0, 0.05) is 10.7 Å². The maximum atomic E-state index is 11.2. The molecule has 0 fully saturated rings. The van der Waals surface area contributed by atoms with Crippen LogP contribution < -0.4 is 11.1 Å². The van der Waals surface area contributed by atoms with Crippen LogP contribution in [0.1, 0.15) is 10.4 Å². The Morgan fingerprint density at radius 3 is 2.59 bits per heavy atom. The average molecular weight is 247 g/mol. The lowest BCUT2D eigenvalue weighted by atomic mass is 10.1. The SMILES string of the molecule is NC(=O)c1ccccc1Nc1cccc(Cl)c1. The van der Waals surface area contributed by atoms with Crippen molar-refractivity contribution in [2.75, 3.05) is 5.32 Å². The first kappa shape index (κ1) is 11.5. The fourth-order valence-electron chi connectivity index (χ4n) is 1.53. The number of hydrogen-bond acceptors (Lipinski definition) is 2. The van der Waals surface area contributed by atoms with Crippen molar-refractivity contribution in [1.82, 2.24) is 0 Å². The Hall–Kier alpha value is -2.00. The average Bonchev–Trinajstić information content (AvgIpc) is 2.29. The van der Waals surface area contributed by atoms with Gasteiger partial charge in [0.05, 0.1) is 11.3 Å². The van der Waals surface area contributed by atoms with E-state index >= 15 is 0 Å². The predicted molar refractivity (Wildman–Crippen MR) is 69.7 cm³/mol. The summed E-state index contributed by atoms with van der Waals surface area (Å²) < 4.78 is 0. The van der Waals surface area contributed by atoms with Crippen molar-refractivity contribution in [3.63, 3.8) is 0 Å². The number of halogens is 1. The molecule has 3 N–H and O–H groups in total. The van der Waals surface area contributed by atoms with Gasteiger partial charge < -0.3 is 11.1 Å². The summed E-state index contributed by atoms with van der Waals surface area (Å²) in [5.41, 5.74) is 7.22. The van der Waals surface area contributed by atoms with Gasteiger partial charge in [-0.15, -0.1) is 0 Å². The van der Waals surface area contributed by atoms with Crippen LogP contribution in [0.5, 0.6) is 0 Å². The molecule has 17 heavy (non-hydrogen) atoms. The van der Waals surface area contributed by atoms with Crippen molar-refractivity contribution in [2.45, 2.75) is 0 Å². The van der Waals surface area contributed by atoms with E-state index in [1.807, 2.05) is 18.2 Å². The topological polar surface area (TPSA) is 55.1 Å². The van der Waals surface area contributed by atoms with Crippen LogP contribution in [0.4, 0.5) is 11.4 Å². The van der Waals surface area contributed by atoms with Gasteiger partial charge in [-0.05, 0) is 30.3 Å². The highest BCUT2D eigenvalue weighted by molar-refractivity contribution is 6.30. The lowest BCUT2D eigenvalue weighted by Gasteiger charge is -2.09. The highest BCUT2D eigenvalue weighted by atomic mass is 35.5. The number of benzene rings is 2. The summed E-state index contributed by atoms with van der Waals surface area (Å²) in [6.07, 6.45) is 0. The van der Waals surface area contributed by atoms with Crippen LogP contribution >= 0.6 is 11.6 Å². The highest BCUT2D eigenvalue weighted by Gasteiger charge is 2.06. The second-order valence-corrected chi connectivity index (χ2v) is 3.98. The van der Waals surface area contributed by atoms with Gasteiger partial charge in [0.15, 0.2) is 0 Å². The van der Waals surface area contributed by atoms with E-state index in [2.05, 4.69) is 5.32 Å². The number of para-hydroxylation sites is 1. The molecule has 3 nitrogen and oxygen atoms in total. The van der Waals surface area contributed by atoms with Gasteiger partial charge in [0.25, 0.3) is 5.91 Å². The maximum absolute atomic E-state index is 11.2. The molecule has 0 saturated heterocycles. The minimum absolute atomic E-state index is 0.451. The number of nitrogens with one attached hydrogen (secondary N) is 1. The molecule has 86 valence electrons. The van der Waals surface area contributed by atoms with E-state index in [1.54, 1.807) is 30.3 Å². The summed E-state index contributed by atoms with van der Waals surface area (Å²) in [6, 6.07) is 14.3. The van der Waals surface area contributed by atoms with Crippen molar-refractivity contribution < 1.29 is 4.79 Å². The summed E-state index contributed by atoms with van der Waals surface area (Å²) in [5, 5.41) is 3.74. The molecule has 0 aromatic heterocycles. The second kappa shape index (κ2) is 4.89. The molecular weight excluding hydrogens is 236 g/mol. The number of primary amides is 1. The zero-order chi connectivity index (χ0) is 12.3. The van der Waals surface area contributed by atoms with Crippen molar-refractivity contribution in [2.24, 2.45) is 5.73 Å². The van der Waals surface area contributed by atoms with E-state index < -0.39 is 5.91 Å². The summed E-state index contributed by atoms with van der Waals surface area (Å²) in [5.74, 6) is -0.463. The molecule has 4 heteroatoms. The highest BCUT2D eigenvalue weighted by Crippen LogP contribution is 2.22. The van der Waals surface area contributed by atoms with Crippen molar-refractivity contribution in [3.05, 3.63) is 59.1 Å². The molecule has 0 atom stereocenters. The van der Waals surface area contributed by atoms with E-state index in [9.17, 15) is 4.79 Å². The van der Waals surface area contributed by atoms with Crippen LogP contribution in [0.15, 0.2) is 48.5 Å². The van der Waals surface area contributed by atoms with Crippen LogP contribution in [0.25, 0.3) is 0 Å². The van der Waals surface area contributed by atoms with Crippen molar-refractivity contribution >= 4 is 28.9 Å². The number of carbonyl (C=O) groups is 1. The Bertz CT molecular complexity index is 555. The van der Waals surface area contributed by atoms with E-state index in [0.29, 0.717) is 16.3 Å². The molecule has 0 aliphatic carbocycles. The molecule has 2 aromatic carbocycles. The van der Waals surface area contributed by atoms with E-state index in [-0.39, 0.29) is 0 Å². The van der Waals surface area contributed by atoms with Crippen LogP contribution in [0.2, 0.25) is 5.02 Å². The summed E-state index contributed by atoms with van der Waals surface area (Å²) in [7, 11) is 0. The largest absolute Gasteiger partial charge is 0.366 e. The van der Waals surface area contributed by atoms with Gasteiger partial charge in [-0.1, -0.05) is 29.8 Å². The molecule has 0 unspecified atom stereocenters. The zero-order valence-corrected chi connectivity index (χ0v) is 9.74. The number of carbonyl (C=O) groups excluding carboxylic acids is 1. The van der Waals surface area contributed by atoms with Gasteiger partial charge in [-0.25, -0.2) is 0 Å². The first-order chi connectivity index (χ1) is 8.16. The van der Waals surface area contributed by atoms with E-state index in [0.717, 1.165) is 5.69 Å². The number of amides is 1. The molecule has 0 heterocycles. The third kappa shape index (κ3) is 2.77. The molecule has 0 aliphatic heterocycles. The summed E-state index contributed by atoms with van der Waals surface area (Å²) in [4.78, 5) is 11.2. The molecule has 0 bridgehead atoms. The Kier molecular flexibility index (Phi) is 3.30. The van der Waals surface area contributed by atoms with E-state index in [4.69, 9.17) is 17.3 Å².